The molecule has 0 aromatic carbocycles. The van der Waals surface area contributed by atoms with Crippen LogP contribution in [-0.4, -0.2) is 54.8 Å². The lowest BCUT2D eigenvalue weighted by molar-refractivity contribution is 0.0876. The summed E-state index contributed by atoms with van der Waals surface area (Å²) in [4.78, 5) is 14.7. The van der Waals surface area contributed by atoms with Crippen LogP contribution in [0.4, 0.5) is 0 Å². The molecular weight excluding hydrogens is 256 g/mol. The van der Waals surface area contributed by atoms with E-state index in [0.29, 0.717) is 24.5 Å². The van der Waals surface area contributed by atoms with Crippen molar-refractivity contribution in [3.63, 3.8) is 0 Å². The number of carbonyl (C=O) groups is 1. The molecule has 1 unspecified atom stereocenters. The number of hydrogen-bond donors (Lipinski definition) is 1. The summed E-state index contributed by atoms with van der Waals surface area (Å²) in [5, 5.41) is 4.26. The van der Waals surface area contributed by atoms with E-state index in [-0.39, 0.29) is 17.6 Å². The van der Waals surface area contributed by atoms with Gasteiger partial charge in [-0.05, 0) is 20.0 Å². The Morgan fingerprint density at radius 3 is 2.60 bits per heavy atom. The van der Waals surface area contributed by atoms with Crippen molar-refractivity contribution in [1.82, 2.24) is 14.7 Å². The smallest absolute Gasteiger partial charge is 0.189 e. The van der Waals surface area contributed by atoms with Gasteiger partial charge in [-0.2, -0.15) is 5.10 Å². The molecule has 0 amide bonds. The van der Waals surface area contributed by atoms with Crippen LogP contribution in [0.15, 0.2) is 6.20 Å². The summed E-state index contributed by atoms with van der Waals surface area (Å²) in [7, 11) is 5.52. The molecule has 0 aliphatic heterocycles. The monoisotopic (exact) mass is 282 g/mol. The van der Waals surface area contributed by atoms with Gasteiger partial charge in [-0.1, -0.05) is 13.8 Å². The zero-order valence-corrected chi connectivity index (χ0v) is 13.1. The number of ketones is 1. The molecule has 20 heavy (non-hydrogen) atoms. The number of aromatic nitrogens is 2. The Bertz CT molecular complexity index is 440. The zero-order valence-electron chi connectivity index (χ0n) is 13.1. The second-order valence-electron chi connectivity index (χ2n) is 5.54. The van der Waals surface area contributed by atoms with Gasteiger partial charge in [-0.3, -0.25) is 9.48 Å². The predicted molar refractivity (Wildman–Crippen MR) is 79.0 cm³/mol. The topological polar surface area (TPSA) is 73.4 Å². The molecule has 6 nitrogen and oxygen atoms in total. The van der Waals surface area contributed by atoms with E-state index in [9.17, 15) is 4.79 Å². The number of likely N-dealkylation sites (N-methyl/N-ethyl adjacent to an activating group) is 1. The summed E-state index contributed by atoms with van der Waals surface area (Å²) in [6, 6.07) is 0. The Hall–Kier alpha value is -1.40. The fourth-order valence-corrected chi connectivity index (χ4v) is 2.09. The Kier molecular flexibility index (Phi) is 6.16. The van der Waals surface area contributed by atoms with Gasteiger partial charge in [0, 0.05) is 19.0 Å². The van der Waals surface area contributed by atoms with Crippen LogP contribution in [0.25, 0.3) is 0 Å². The van der Waals surface area contributed by atoms with Crippen LogP contribution >= 0.6 is 0 Å². The SMILES string of the molecule is COc1cnn(CCN(C)C)c1C(=O)C(CN)C(C)C. The van der Waals surface area contributed by atoms with Crippen LogP contribution in [0.2, 0.25) is 0 Å². The van der Waals surface area contributed by atoms with Gasteiger partial charge in [0.1, 0.15) is 5.69 Å². The number of carbonyl (C=O) groups excluding carboxylic acids is 1. The van der Waals surface area contributed by atoms with Gasteiger partial charge in [0.15, 0.2) is 11.5 Å². The van der Waals surface area contributed by atoms with E-state index >= 15 is 0 Å². The molecular formula is C14H26N4O2. The van der Waals surface area contributed by atoms with Crippen LogP contribution < -0.4 is 10.5 Å². The summed E-state index contributed by atoms with van der Waals surface area (Å²) in [6.45, 7) is 5.79. The maximum absolute atomic E-state index is 12.7. The molecule has 114 valence electrons. The Morgan fingerprint density at radius 2 is 2.15 bits per heavy atom. The van der Waals surface area contributed by atoms with Gasteiger partial charge < -0.3 is 15.4 Å². The summed E-state index contributed by atoms with van der Waals surface area (Å²) in [5.41, 5.74) is 6.27. The summed E-state index contributed by atoms with van der Waals surface area (Å²) < 4.78 is 6.98. The van der Waals surface area contributed by atoms with E-state index in [2.05, 4.69) is 5.10 Å². The Labute approximate surface area is 120 Å². The Morgan fingerprint density at radius 1 is 1.50 bits per heavy atom. The van der Waals surface area contributed by atoms with Crippen molar-refractivity contribution in [2.75, 3.05) is 34.3 Å². The lowest BCUT2D eigenvalue weighted by atomic mass is 9.90. The highest BCUT2D eigenvalue weighted by Crippen LogP contribution is 2.24. The molecule has 0 saturated heterocycles. The first-order valence-corrected chi connectivity index (χ1v) is 6.91. The molecule has 1 aromatic heterocycles. The largest absolute Gasteiger partial charge is 0.493 e. The first-order chi connectivity index (χ1) is 9.42. The highest BCUT2D eigenvalue weighted by atomic mass is 16.5. The van der Waals surface area contributed by atoms with Crippen LogP contribution in [0.5, 0.6) is 5.75 Å². The van der Waals surface area contributed by atoms with Crippen LogP contribution in [0.1, 0.15) is 24.3 Å². The number of methoxy groups -OCH3 is 1. The van der Waals surface area contributed by atoms with E-state index in [1.54, 1.807) is 18.0 Å². The molecule has 6 heteroatoms. The molecule has 1 heterocycles. The minimum Gasteiger partial charge on any atom is -0.493 e. The number of nitrogens with zero attached hydrogens (tertiary/aromatic N) is 3. The first-order valence-electron chi connectivity index (χ1n) is 6.91. The van der Waals surface area contributed by atoms with Crippen molar-refractivity contribution >= 4 is 5.78 Å². The lowest BCUT2D eigenvalue weighted by Gasteiger charge is -2.19. The van der Waals surface area contributed by atoms with Crippen LogP contribution in [0.3, 0.4) is 0 Å². The molecule has 1 atom stereocenters. The van der Waals surface area contributed by atoms with Crippen molar-refractivity contribution in [2.45, 2.75) is 20.4 Å². The fourth-order valence-electron chi connectivity index (χ4n) is 2.09. The summed E-state index contributed by atoms with van der Waals surface area (Å²) in [5.74, 6) is 0.511. The normalized spacial score (nSPS) is 13.0. The number of rotatable bonds is 8. The van der Waals surface area contributed by atoms with Gasteiger partial charge >= 0.3 is 0 Å². The van der Waals surface area contributed by atoms with E-state index in [1.165, 1.54) is 0 Å². The van der Waals surface area contributed by atoms with Crippen molar-refractivity contribution in [1.29, 1.82) is 0 Å². The van der Waals surface area contributed by atoms with Gasteiger partial charge in [0.05, 0.1) is 19.9 Å². The number of nitrogens with two attached hydrogens (primary N) is 1. The molecule has 0 aliphatic carbocycles. The summed E-state index contributed by atoms with van der Waals surface area (Å²) in [6.07, 6.45) is 1.59. The third kappa shape index (κ3) is 3.80. The molecule has 0 aliphatic rings. The standard InChI is InChI=1S/C14H26N4O2/c1-10(2)11(8-15)14(19)13-12(20-5)9-16-18(13)7-6-17(3)4/h9-11H,6-8,15H2,1-5H3. The van der Waals surface area contributed by atoms with Crippen molar-refractivity contribution in [3.05, 3.63) is 11.9 Å². The molecule has 2 N–H and O–H groups in total. The van der Waals surface area contributed by atoms with Gasteiger partial charge in [-0.15, -0.1) is 0 Å². The van der Waals surface area contributed by atoms with Crippen LogP contribution in [-0.2, 0) is 6.54 Å². The van der Waals surface area contributed by atoms with E-state index in [4.69, 9.17) is 10.5 Å². The molecule has 0 spiro atoms. The molecule has 0 radical (unpaired) electrons. The van der Waals surface area contributed by atoms with Gasteiger partial charge in [0.2, 0.25) is 0 Å². The quantitative estimate of drug-likeness (QED) is 0.716. The minimum atomic E-state index is -0.210. The average molecular weight is 282 g/mol. The van der Waals surface area contributed by atoms with Crippen molar-refractivity contribution < 1.29 is 9.53 Å². The average Bonchev–Trinajstić information content (AvgIpc) is 2.79. The molecule has 0 saturated carbocycles. The number of hydrogen-bond acceptors (Lipinski definition) is 5. The van der Waals surface area contributed by atoms with E-state index in [1.807, 2.05) is 32.8 Å². The third-order valence-corrected chi connectivity index (χ3v) is 3.41. The zero-order chi connectivity index (χ0) is 15.3. The second kappa shape index (κ2) is 7.40. The third-order valence-electron chi connectivity index (χ3n) is 3.41. The van der Waals surface area contributed by atoms with E-state index in [0.717, 1.165) is 6.54 Å². The summed E-state index contributed by atoms with van der Waals surface area (Å²) >= 11 is 0. The van der Waals surface area contributed by atoms with E-state index < -0.39 is 0 Å². The van der Waals surface area contributed by atoms with Crippen LogP contribution in [0, 0.1) is 11.8 Å². The second-order valence-corrected chi connectivity index (χ2v) is 5.54. The highest BCUT2D eigenvalue weighted by molar-refractivity contribution is 5.99. The lowest BCUT2D eigenvalue weighted by Crippen LogP contribution is -2.31. The molecule has 0 bridgehead atoms. The van der Waals surface area contributed by atoms with Crippen molar-refractivity contribution in [2.24, 2.45) is 17.6 Å². The van der Waals surface area contributed by atoms with Crippen molar-refractivity contribution in [3.8, 4) is 5.75 Å². The highest BCUT2D eigenvalue weighted by Gasteiger charge is 2.28. The maximum atomic E-state index is 12.7. The maximum Gasteiger partial charge on any atom is 0.189 e. The molecule has 1 aromatic rings. The minimum absolute atomic E-state index is 0.00982. The van der Waals surface area contributed by atoms with Gasteiger partial charge in [0.25, 0.3) is 0 Å². The number of ether oxygens (including phenoxy) is 1. The molecule has 1 rings (SSSR count). The molecule has 0 fully saturated rings. The first kappa shape index (κ1) is 16.7. The van der Waals surface area contributed by atoms with Gasteiger partial charge in [-0.25, -0.2) is 0 Å². The number of Topliss-reactive ketones (excluding diaryl/α,β-unsaturated/α-hetero) is 1. The Balaban J connectivity index is 3.06. The predicted octanol–water partition coefficient (Wildman–Crippen LogP) is 0.867. The fraction of sp³-hybridized carbons (Fsp3) is 0.714.